The SMILES string of the molecule is COc1ccc(C(C)=O)cc1COC(=O)C1CCN(c2ccc(C#N)cn2)CC1. The molecule has 3 rings (SSSR count). The maximum absolute atomic E-state index is 12.5. The summed E-state index contributed by atoms with van der Waals surface area (Å²) in [5.41, 5.74) is 1.75. The first kappa shape index (κ1) is 20.3. The number of aromatic nitrogens is 1. The van der Waals surface area contributed by atoms with Gasteiger partial charge < -0.3 is 14.4 Å². The highest BCUT2D eigenvalue weighted by Gasteiger charge is 2.27. The standard InChI is InChI=1S/C22H23N3O4/c1-15(26)18-4-5-20(28-2)19(11-18)14-29-22(27)17-7-9-25(10-8-17)21-6-3-16(12-23)13-24-21/h3-6,11,13,17H,7-10,14H2,1-2H3. The van der Waals surface area contributed by atoms with Crippen LogP contribution in [0.5, 0.6) is 5.75 Å². The molecule has 2 heterocycles. The van der Waals surface area contributed by atoms with Gasteiger partial charge in [-0.3, -0.25) is 9.59 Å². The lowest BCUT2D eigenvalue weighted by atomic mass is 9.97. The number of pyridine rings is 1. The Morgan fingerprint density at radius 2 is 2.00 bits per heavy atom. The van der Waals surface area contributed by atoms with E-state index in [1.807, 2.05) is 6.07 Å². The summed E-state index contributed by atoms with van der Waals surface area (Å²) < 4.78 is 10.8. The van der Waals surface area contributed by atoms with E-state index in [0.29, 0.717) is 48.4 Å². The molecule has 1 aliphatic rings. The number of hydrogen-bond donors (Lipinski definition) is 0. The molecule has 2 aromatic rings. The van der Waals surface area contributed by atoms with Gasteiger partial charge in [-0.15, -0.1) is 0 Å². The van der Waals surface area contributed by atoms with Gasteiger partial charge in [-0.05, 0) is 50.1 Å². The largest absolute Gasteiger partial charge is 0.496 e. The molecule has 29 heavy (non-hydrogen) atoms. The molecule has 1 fully saturated rings. The Morgan fingerprint density at radius 1 is 1.24 bits per heavy atom. The van der Waals surface area contributed by atoms with E-state index < -0.39 is 0 Å². The molecule has 0 amide bonds. The molecule has 0 radical (unpaired) electrons. The maximum Gasteiger partial charge on any atom is 0.309 e. The Labute approximate surface area is 169 Å². The number of anilines is 1. The van der Waals surface area contributed by atoms with Crippen LogP contribution in [0.25, 0.3) is 0 Å². The number of benzene rings is 1. The van der Waals surface area contributed by atoms with Gasteiger partial charge in [-0.1, -0.05) is 0 Å². The number of rotatable bonds is 6. The van der Waals surface area contributed by atoms with E-state index in [-0.39, 0.29) is 24.3 Å². The third-order valence-electron chi connectivity index (χ3n) is 5.09. The van der Waals surface area contributed by atoms with Crippen LogP contribution in [0.2, 0.25) is 0 Å². The number of ether oxygens (including phenoxy) is 2. The van der Waals surface area contributed by atoms with E-state index in [0.717, 1.165) is 5.82 Å². The Kier molecular flexibility index (Phi) is 6.45. The summed E-state index contributed by atoms with van der Waals surface area (Å²) in [6.07, 6.45) is 2.90. The lowest BCUT2D eigenvalue weighted by Crippen LogP contribution is -2.37. The molecule has 0 N–H and O–H groups in total. The number of hydrogen-bond acceptors (Lipinski definition) is 7. The minimum Gasteiger partial charge on any atom is -0.496 e. The first-order chi connectivity index (χ1) is 14.0. The van der Waals surface area contributed by atoms with E-state index in [1.54, 1.807) is 37.6 Å². The fourth-order valence-corrected chi connectivity index (χ4v) is 3.36. The number of nitriles is 1. The molecule has 0 bridgehead atoms. The maximum atomic E-state index is 12.5. The molecule has 1 aromatic heterocycles. The van der Waals surface area contributed by atoms with Crippen LogP contribution in [-0.4, -0.2) is 36.9 Å². The molecule has 1 aliphatic heterocycles. The van der Waals surface area contributed by atoms with Crippen molar-refractivity contribution in [2.45, 2.75) is 26.4 Å². The van der Waals surface area contributed by atoms with Crippen LogP contribution in [0.15, 0.2) is 36.5 Å². The van der Waals surface area contributed by atoms with Crippen molar-refractivity contribution in [3.05, 3.63) is 53.2 Å². The van der Waals surface area contributed by atoms with E-state index in [4.69, 9.17) is 14.7 Å². The fraction of sp³-hybridized carbons (Fsp3) is 0.364. The van der Waals surface area contributed by atoms with Gasteiger partial charge in [0.05, 0.1) is 18.6 Å². The van der Waals surface area contributed by atoms with Gasteiger partial charge in [-0.2, -0.15) is 5.26 Å². The number of nitrogens with zero attached hydrogens (tertiary/aromatic N) is 3. The van der Waals surface area contributed by atoms with Crippen LogP contribution in [0.1, 0.15) is 41.3 Å². The Balaban J connectivity index is 1.55. The zero-order chi connectivity index (χ0) is 20.8. The van der Waals surface area contributed by atoms with Crippen LogP contribution < -0.4 is 9.64 Å². The Morgan fingerprint density at radius 3 is 2.59 bits per heavy atom. The molecule has 0 saturated carbocycles. The molecule has 0 atom stereocenters. The van der Waals surface area contributed by atoms with E-state index in [9.17, 15) is 9.59 Å². The van der Waals surface area contributed by atoms with Crippen molar-refractivity contribution >= 4 is 17.6 Å². The lowest BCUT2D eigenvalue weighted by Gasteiger charge is -2.31. The molecular weight excluding hydrogens is 370 g/mol. The van der Waals surface area contributed by atoms with Crippen molar-refractivity contribution in [1.29, 1.82) is 5.26 Å². The third-order valence-corrected chi connectivity index (χ3v) is 5.09. The summed E-state index contributed by atoms with van der Waals surface area (Å²) >= 11 is 0. The number of methoxy groups -OCH3 is 1. The van der Waals surface area contributed by atoms with Crippen molar-refractivity contribution in [2.24, 2.45) is 5.92 Å². The normalized spacial score (nSPS) is 14.2. The minimum atomic E-state index is -0.243. The van der Waals surface area contributed by atoms with Crippen LogP contribution in [0.4, 0.5) is 5.82 Å². The summed E-state index contributed by atoms with van der Waals surface area (Å²) in [6.45, 7) is 2.96. The van der Waals surface area contributed by atoms with Crippen molar-refractivity contribution in [2.75, 3.05) is 25.1 Å². The summed E-state index contributed by atoms with van der Waals surface area (Å²) in [5.74, 6) is 0.925. The predicted octanol–water partition coefficient (Wildman–Crippen LogP) is 3.12. The third kappa shape index (κ3) is 4.91. The summed E-state index contributed by atoms with van der Waals surface area (Å²) in [4.78, 5) is 30.5. The molecule has 0 spiro atoms. The highest BCUT2D eigenvalue weighted by Crippen LogP contribution is 2.25. The average molecular weight is 393 g/mol. The Hall–Kier alpha value is -3.40. The van der Waals surface area contributed by atoms with Gasteiger partial charge in [0.15, 0.2) is 5.78 Å². The number of esters is 1. The second-order valence-corrected chi connectivity index (χ2v) is 6.97. The topological polar surface area (TPSA) is 92.5 Å². The zero-order valence-corrected chi connectivity index (χ0v) is 16.6. The number of carbonyl (C=O) groups excluding carboxylic acids is 2. The fourth-order valence-electron chi connectivity index (χ4n) is 3.36. The van der Waals surface area contributed by atoms with Gasteiger partial charge in [0.2, 0.25) is 0 Å². The number of piperidine rings is 1. The molecule has 7 heteroatoms. The summed E-state index contributed by atoms with van der Waals surface area (Å²) in [7, 11) is 1.54. The van der Waals surface area contributed by atoms with Gasteiger partial charge in [-0.25, -0.2) is 4.98 Å². The molecule has 1 saturated heterocycles. The molecule has 7 nitrogen and oxygen atoms in total. The first-order valence-electron chi connectivity index (χ1n) is 9.47. The second-order valence-electron chi connectivity index (χ2n) is 6.97. The predicted molar refractivity (Wildman–Crippen MR) is 107 cm³/mol. The monoisotopic (exact) mass is 393 g/mol. The molecular formula is C22H23N3O4. The van der Waals surface area contributed by atoms with Gasteiger partial charge in [0, 0.05) is 30.4 Å². The molecule has 150 valence electrons. The summed E-state index contributed by atoms with van der Waals surface area (Å²) in [6, 6.07) is 10.7. The lowest BCUT2D eigenvalue weighted by molar-refractivity contribution is -0.150. The summed E-state index contributed by atoms with van der Waals surface area (Å²) in [5, 5.41) is 8.86. The average Bonchev–Trinajstić information content (AvgIpc) is 2.77. The van der Waals surface area contributed by atoms with Crippen molar-refractivity contribution < 1.29 is 19.1 Å². The molecule has 0 unspecified atom stereocenters. The quantitative estimate of drug-likeness (QED) is 0.550. The number of carbonyl (C=O) groups is 2. The molecule has 1 aromatic carbocycles. The highest BCUT2D eigenvalue weighted by molar-refractivity contribution is 5.94. The van der Waals surface area contributed by atoms with Crippen LogP contribution >= 0.6 is 0 Å². The smallest absolute Gasteiger partial charge is 0.309 e. The van der Waals surface area contributed by atoms with Crippen molar-refractivity contribution in [3.63, 3.8) is 0 Å². The van der Waals surface area contributed by atoms with Gasteiger partial charge in [0.25, 0.3) is 0 Å². The number of Topliss-reactive ketones (excluding diaryl/α,β-unsaturated/α-hetero) is 1. The van der Waals surface area contributed by atoms with Crippen LogP contribution in [-0.2, 0) is 16.1 Å². The van der Waals surface area contributed by atoms with Crippen molar-refractivity contribution in [1.82, 2.24) is 4.98 Å². The van der Waals surface area contributed by atoms with Crippen molar-refractivity contribution in [3.8, 4) is 11.8 Å². The Bertz CT molecular complexity index is 926. The first-order valence-corrected chi connectivity index (χ1v) is 9.47. The van der Waals surface area contributed by atoms with E-state index in [2.05, 4.69) is 16.0 Å². The highest BCUT2D eigenvalue weighted by atomic mass is 16.5. The van der Waals surface area contributed by atoms with Crippen LogP contribution in [0, 0.1) is 17.2 Å². The minimum absolute atomic E-state index is 0.0518. The van der Waals surface area contributed by atoms with E-state index >= 15 is 0 Å². The van der Waals surface area contributed by atoms with Gasteiger partial charge in [0.1, 0.15) is 24.2 Å². The molecule has 0 aliphatic carbocycles. The second kappa shape index (κ2) is 9.20. The van der Waals surface area contributed by atoms with Crippen LogP contribution in [0.3, 0.4) is 0 Å². The van der Waals surface area contributed by atoms with E-state index in [1.165, 1.54) is 6.92 Å². The van der Waals surface area contributed by atoms with Gasteiger partial charge >= 0.3 is 5.97 Å². The zero-order valence-electron chi connectivity index (χ0n) is 16.6. The number of ketones is 1.